The van der Waals surface area contributed by atoms with E-state index in [2.05, 4.69) is 4.90 Å². The van der Waals surface area contributed by atoms with Crippen LogP contribution < -0.4 is 4.74 Å². The molecule has 1 fully saturated rings. The molecule has 0 saturated carbocycles. The molecule has 0 radical (unpaired) electrons. The van der Waals surface area contributed by atoms with Gasteiger partial charge in [0.25, 0.3) is 0 Å². The number of nitrogens with zero attached hydrogens (tertiary/aromatic N) is 1. The fourth-order valence-electron chi connectivity index (χ4n) is 3.18. The summed E-state index contributed by atoms with van der Waals surface area (Å²) in [5.74, 6) is 0.288. The first-order valence-corrected chi connectivity index (χ1v) is 9.41. The van der Waals surface area contributed by atoms with E-state index in [0.717, 1.165) is 38.4 Å². The predicted molar refractivity (Wildman–Crippen MR) is 111 cm³/mol. The van der Waals surface area contributed by atoms with Crippen LogP contribution in [0.2, 0.25) is 0 Å². The van der Waals surface area contributed by atoms with E-state index in [1.165, 1.54) is 0 Å². The number of para-hydroxylation sites is 1. The number of carbonyl (C=O) groups is 1. The SMILES string of the molecule is CC(CCN1CCOCC1)(OC(=O)COc1ccccc1)c1ccccc1.Cl. The number of rotatable bonds is 8. The van der Waals surface area contributed by atoms with Crippen LogP contribution in [0, 0.1) is 0 Å². The van der Waals surface area contributed by atoms with Gasteiger partial charge in [-0.25, -0.2) is 4.79 Å². The lowest BCUT2D eigenvalue weighted by Gasteiger charge is -2.34. The summed E-state index contributed by atoms with van der Waals surface area (Å²) in [4.78, 5) is 14.8. The molecule has 1 aliphatic rings. The fraction of sp³-hybridized carbons (Fsp3) is 0.409. The first-order valence-electron chi connectivity index (χ1n) is 9.41. The third-order valence-corrected chi connectivity index (χ3v) is 4.83. The first kappa shape index (κ1) is 22.2. The van der Waals surface area contributed by atoms with Crippen LogP contribution in [0.15, 0.2) is 60.7 Å². The normalized spacial score (nSPS) is 16.5. The maximum atomic E-state index is 12.5. The summed E-state index contributed by atoms with van der Waals surface area (Å²) in [6, 6.07) is 19.2. The second-order valence-corrected chi connectivity index (χ2v) is 6.88. The van der Waals surface area contributed by atoms with E-state index in [1.807, 2.05) is 67.6 Å². The van der Waals surface area contributed by atoms with Gasteiger partial charge in [-0.3, -0.25) is 4.90 Å². The maximum Gasteiger partial charge on any atom is 0.345 e. The van der Waals surface area contributed by atoms with Crippen molar-refractivity contribution in [3.8, 4) is 5.75 Å². The minimum atomic E-state index is -0.698. The van der Waals surface area contributed by atoms with Crippen molar-refractivity contribution in [1.29, 1.82) is 0 Å². The Morgan fingerprint density at radius 1 is 1.04 bits per heavy atom. The lowest BCUT2D eigenvalue weighted by Crippen LogP contribution is -2.41. The monoisotopic (exact) mass is 405 g/mol. The second-order valence-electron chi connectivity index (χ2n) is 6.88. The highest BCUT2D eigenvalue weighted by molar-refractivity contribution is 5.85. The van der Waals surface area contributed by atoms with E-state index >= 15 is 0 Å². The molecule has 2 aromatic carbocycles. The van der Waals surface area contributed by atoms with Gasteiger partial charge in [-0.2, -0.15) is 0 Å². The third-order valence-electron chi connectivity index (χ3n) is 4.83. The van der Waals surface area contributed by atoms with Gasteiger partial charge in [0, 0.05) is 26.1 Å². The maximum absolute atomic E-state index is 12.5. The molecule has 3 rings (SSSR count). The Morgan fingerprint density at radius 3 is 2.29 bits per heavy atom. The van der Waals surface area contributed by atoms with Crippen LogP contribution in [0.3, 0.4) is 0 Å². The molecule has 0 aliphatic carbocycles. The predicted octanol–water partition coefficient (Wildman–Crippen LogP) is 3.67. The van der Waals surface area contributed by atoms with E-state index in [-0.39, 0.29) is 25.0 Å². The second kappa shape index (κ2) is 11.1. The molecule has 28 heavy (non-hydrogen) atoms. The van der Waals surface area contributed by atoms with Crippen molar-refractivity contribution >= 4 is 18.4 Å². The van der Waals surface area contributed by atoms with Crippen molar-refractivity contribution in [1.82, 2.24) is 4.90 Å². The Hall–Kier alpha value is -2.08. The standard InChI is InChI=1S/C22H27NO4.ClH/c1-22(19-8-4-2-5-9-19,12-13-23-14-16-25-17-15-23)27-21(24)18-26-20-10-6-3-7-11-20;/h2-11H,12-18H2,1H3;1H. The van der Waals surface area contributed by atoms with Crippen molar-refractivity contribution in [2.45, 2.75) is 18.9 Å². The topological polar surface area (TPSA) is 48.0 Å². The van der Waals surface area contributed by atoms with Crippen molar-refractivity contribution in [2.24, 2.45) is 0 Å². The molecule has 0 bridgehead atoms. The number of halogens is 1. The van der Waals surface area contributed by atoms with Gasteiger partial charge in [0.2, 0.25) is 0 Å². The Kier molecular flexibility index (Phi) is 8.77. The van der Waals surface area contributed by atoms with Crippen LogP contribution in [-0.4, -0.2) is 50.3 Å². The van der Waals surface area contributed by atoms with Crippen LogP contribution >= 0.6 is 12.4 Å². The van der Waals surface area contributed by atoms with E-state index in [4.69, 9.17) is 14.2 Å². The van der Waals surface area contributed by atoms with Crippen LogP contribution in [-0.2, 0) is 19.9 Å². The van der Waals surface area contributed by atoms with Gasteiger partial charge >= 0.3 is 5.97 Å². The van der Waals surface area contributed by atoms with E-state index < -0.39 is 5.60 Å². The summed E-state index contributed by atoms with van der Waals surface area (Å²) in [5, 5.41) is 0. The van der Waals surface area contributed by atoms with Crippen LogP contribution in [0.4, 0.5) is 0 Å². The van der Waals surface area contributed by atoms with E-state index in [1.54, 1.807) is 0 Å². The third kappa shape index (κ3) is 6.51. The molecular formula is C22H28ClNO4. The molecule has 0 aromatic heterocycles. The number of morpholine rings is 1. The minimum Gasteiger partial charge on any atom is -0.482 e. The van der Waals surface area contributed by atoms with Gasteiger partial charge in [-0.05, 0) is 24.6 Å². The Labute approximate surface area is 173 Å². The Bertz CT molecular complexity index is 707. The molecular weight excluding hydrogens is 378 g/mol. The Morgan fingerprint density at radius 2 is 1.64 bits per heavy atom. The average Bonchev–Trinajstić information content (AvgIpc) is 2.73. The number of hydrogen-bond donors (Lipinski definition) is 0. The van der Waals surface area contributed by atoms with Crippen LogP contribution in [0.1, 0.15) is 18.9 Å². The molecule has 1 unspecified atom stereocenters. The number of esters is 1. The van der Waals surface area contributed by atoms with E-state index in [9.17, 15) is 4.79 Å². The largest absolute Gasteiger partial charge is 0.482 e. The molecule has 1 heterocycles. The van der Waals surface area contributed by atoms with Crippen LogP contribution in [0.25, 0.3) is 0 Å². The summed E-state index contributed by atoms with van der Waals surface area (Å²) in [5.41, 5.74) is 0.294. The first-order chi connectivity index (χ1) is 13.2. The molecule has 0 spiro atoms. The van der Waals surface area contributed by atoms with Crippen molar-refractivity contribution in [3.63, 3.8) is 0 Å². The fourth-order valence-corrected chi connectivity index (χ4v) is 3.18. The van der Waals surface area contributed by atoms with E-state index in [0.29, 0.717) is 12.2 Å². The zero-order valence-corrected chi connectivity index (χ0v) is 17.0. The summed E-state index contributed by atoms with van der Waals surface area (Å²) in [7, 11) is 0. The molecule has 1 atom stereocenters. The zero-order valence-electron chi connectivity index (χ0n) is 16.2. The van der Waals surface area contributed by atoms with Gasteiger partial charge in [0.05, 0.1) is 13.2 Å². The molecule has 6 heteroatoms. The molecule has 1 aliphatic heterocycles. The number of carbonyl (C=O) groups excluding carboxylic acids is 1. The number of hydrogen-bond acceptors (Lipinski definition) is 5. The number of ether oxygens (including phenoxy) is 3. The average molecular weight is 406 g/mol. The van der Waals surface area contributed by atoms with Crippen molar-refractivity contribution in [3.05, 3.63) is 66.2 Å². The van der Waals surface area contributed by atoms with Gasteiger partial charge < -0.3 is 14.2 Å². The van der Waals surface area contributed by atoms with Crippen molar-refractivity contribution in [2.75, 3.05) is 39.5 Å². The van der Waals surface area contributed by atoms with Gasteiger partial charge in [-0.1, -0.05) is 48.5 Å². The summed E-state index contributed by atoms with van der Waals surface area (Å²) < 4.78 is 16.9. The van der Waals surface area contributed by atoms with Gasteiger partial charge in [-0.15, -0.1) is 12.4 Å². The summed E-state index contributed by atoms with van der Waals surface area (Å²) in [6.07, 6.45) is 0.716. The quantitative estimate of drug-likeness (QED) is 0.627. The molecule has 5 nitrogen and oxygen atoms in total. The highest BCUT2D eigenvalue weighted by Gasteiger charge is 2.32. The molecule has 152 valence electrons. The highest BCUT2D eigenvalue weighted by Crippen LogP contribution is 2.30. The number of benzene rings is 2. The molecule has 0 N–H and O–H groups in total. The zero-order chi connectivity index (χ0) is 19.0. The molecule has 1 saturated heterocycles. The van der Waals surface area contributed by atoms with Gasteiger partial charge in [0.15, 0.2) is 6.61 Å². The molecule has 0 amide bonds. The lowest BCUT2D eigenvalue weighted by molar-refractivity contribution is -0.163. The smallest absolute Gasteiger partial charge is 0.345 e. The summed E-state index contributed by atoms with van der Waals surface area (Å²) in [6.45, 7) is 6.06. The minimum absolute atomic E-state index is 0. The highest BCUT2D eigenvalue weighted by atomic mass is 35.5. The van der Waals surface area contributed by atoms with Crippen LogP contribution in [0.5, 0.6) is 5.75 Å². The lowest BCUT2D eigenvalue weighted by atomic mass is 9.92. The summed E-state index contributed by atoms with van der Waals surface area (Å²) >= 11 is 0. The van der Waals surface area contributed by atoms with Crippen molar-refractivity contribution < 1.29 is 19.0 Å². The van der Waals surface area contributed by atoms with Gasteiger partial charge in [0.1, 0.15) is 11.4 Å². The molecule has 2 aromatic rings. The Balaban J connectivity index is 0.00000280.